The number of anilines is 1. The molecule has 1 N–H and O–H groups in total. The molecule has 0 saturated heterocycles. The summed E-state index contributed by atoms with van der Waals surface area (Å²) in [7, 11) is 0. The number of imidazole rings is 1. The van der Waals surface area contributed by atoms with Gasteiger partial charge in [0, 0.05) is 42.4 Å². The van der Waals surface area contributed by atoms with Crippen LogP contribution in [0.15, 0.2) is 70.5 Å². The van der Waals surface area contributed by atoms with Gasteiger partial charge >= 0.3 is 0 Å². The van der Waals surface area contributed by atoms with E-state index in [2.05, 4.69) is 32.8 Å². The van der Waals surface area contributed by atoms with Gasteiger partial charge in [-0.25, -0.2) is 4.98 Å². The third-order valence-electron chi connectivity index (χ3n) is 4.33. The lowest BCUT2D eigenvalue weighted by Gasteiger charge is -2.10. The Labute approximate surface area is 164 Å². The van der Waals surface area contributed by atoms with Crippen LogP contribution in [0.4, 0.5) is 5.69 Å². The van der Waals surface area contributed by atoms with E-state index in [0.29, 0.717) is 28.2 Å². The van der Waals surface area contributed by atoms with Crippen LogP contribution in [0.5, 0.6) is 0 Å². The molecule has 3 aromatic heterocycles. The Morgan fingerprint density at radius 2 is 2.11 bits per heavy atom. The average Bonchev–Trinajstić information content (AvgIpc) is 3.31. The third kappa shape index (κ3) is 3.21. The zero-order valence-corrected chi connectivity index (χ0v) is 16.2. The van der Waals surface area contributed by atoms with E-state index in [0.717, 1.165) is 17.0 Å². The first-order chi connectivity index (χ1) is 13.1. The number of fused-ring (bicyclic) bond motifs is 1. The summed E-state index contributed by atoms with van der Waals surface area (Å²) in [5.41, 5.74) is 3.72. The molecule has 0 unspecified atom stereocenters. The number of aromatic nitrogens is 3. The Hall–Kier alpha value is -3.06. The summed E-state index contributed by atoms with van der Waals surface area (Å²) in [5, 5.41) is 2.94. The van der Waals surface area contributed by atoms with Gasteiger partial charge in [0.1, 0.15) is 11.5 Å². The van der Waals surface area contributed by atoms with Gasteiger partial charge in [-0.3, -0.25) is 4.79 Å². The predicted octanol–water partition coefficient (Wildman–Crippen LogP) is 4.93. The van der Waals surface area contributed by atoms with Crippen molar-refractivity contribution in [2.24, 2.45) is 0 Å². The van der Waals surface area contributed by atoms with E-state index >= 15 is 0 Å². The Morgan fingerprint density at radius 3 is 2.78 bits per heavy atom. The van der Waals surface area contributed by atoms with E-state index in [1.807, 2.05) is 52.6 Å². The highest BCUT2D eigenvalue weighted by atomic mass is 79.9. The Bertz CT molecular complexity index is 1130. The smallest absolute Gasteiger partial charge is 0.272 e. The highest BCUT2D eigenvalue weighted by molar-refractivity contribution is 9.10. The molecule has 136 valence electrons. The lowest BCUT2D eigenvalue weighted by Crippen LogP contribution is -2.16. The number of benzene rings is 1. The van der Waals surface area contributed by atoms with E-state index in [-0.39, 0.29) is 5.91 Å². The number of furan rings is 1. The molecule has 1 aromatic carbocycles. The van der Waals surface area contributed by atoms with Crippen LogP contribution in [-0.2, 0) is 6.54 Å². The number of nitrogens with one attached hydrogen (secondary N) is 1. The van der Waals surface area contributed by atoms with Crippen LogP contribution < -0.4 is 5.32 Å². The molecule has 3 heterocycles. The summed E-state index contributed by atoms with van der Waals surface area (Å²) in [4.78, 5) is 17.0. The monoisotopic (exact) mass is 424 g/mol. The summed E-state index contributed by atoms with van der Waals surface area (Å²) in [6.07, 6.45) is 5.41. The molecule has 0 radical (unpaired) electrons. The van der Waals surface area contributed by atoms with E-state index in [1.165, 1.54) is 0 Å². The number of rotatable bonds is 5. The molecule has 7 heteroatoms. The van der Waals surface area contributed by atoms with Crippen molar-refractivity contribution in [2.45, 2.75) is 13.5 Å². The van der Waals surface area contributed by atoms with Crippen LogP contribution in [-0.4, -0.2) is 20.0 Å². The molecule has 4 aromatic rings. The van der Waals surface area contributed by atoms with Crippen LogP contribution in [0, 0.1) is 6.92 Å². The minimum absolute atomic E-state index is 0.203. The van der Waals surface area contributed by atoms with Gasteiger partial charge in [0.15, 0.2) is 10.3 Å². The molecule has 0 bridgehead atoms. The molecular formula is C20H17BrN4O2. The number of nitrogens with zero attached hydrogens (tertiary/aromatic N) is 3. The molecular weight excluding hydrogens is 408 g/mol. The fourth-order valence-electron chi connectivity index (χ4n) is 3.08. The minimum Gasteiger partial charge on any atom is -0.448 e. The number of hydrogen-bond donors (Lipinski definition) is 1. The number of allylic oxidation sites excluding steroid dienone is 1. The van der Waals surface area contributed by atoms with Gasteiger partial charge in [-0.2, -0.15) is 0 Å². The fourth-order valence-corrected chi connectivity index (χ4v) is 3.47. The van der Waals surface area contributed by atoms with Crippen molar-refractivity contribution in [2.75, 3.05) is 5.32 Å². The minimum atomic E-state index is -0.203. The standard InChI is InChI=1S/C20H17BrN4O2/c1-3-9-25-16-12-19(21)27-18(16)11-17(25)20(26)23-14-4-6-15(7-5-14)24-10-8-22-13(24)2/h3-8,10-12H,1,9H2,2H3,(H,23,26). The summed E-state index contributed by atoms with van der Waals surface area (Å²) >= 11 is 3.32. The third-order valence-corrected chi connectivity index (χ3v) is 4.72. The van der Waals surface area contributed by atoms with E-state index < -0.39 is 0 Å². The number of hydrogen-bond acceptors (Lipinski definition) is 3. The quantitative estimate of drug-likeness (QED) is 0.461. The van der Waals surface area contributed by atoms with Gasteiger partial charge in [-0.05, 0) is 47.1 Å². The van der Waals surface area contributed by atoms with Crippen molar-refractivity contribution >= 4 is 38.6 Å². The van der Waals surface area contributed by atoms with E-state index in [9.17, 15) is 4.79 Å². The van der Waals surface area contributed by atoms with Crippen molar-refractivity contribution in [1.82, 2.24) is 14.1 Å². The molecule has 0 aliphatic carbocycles. The fraction of sp³-hybridized carbons (Fsp3) is 0.100. The maximum absolute atomic E-state index is 12.8. The van der Waals surface area contributed by atoms with E-state index in [1.54, 1.807) is 18.3 Å². The zero-order chi connectivity index (χ0) is 19.0. The second-order valence-corrected chi connectivity index (χ2v) is 6.86. The SMILES string of the molecule is C=CCn1c(C(=O)Nc2ccc(-n3ccnc3C)cc2)cc2oc(Br)cc21. The van der Waals surface area contributed by atoms with E-state index in [4.69, 9.17) is 4.42 Å². The van der Waals surface area contributed by atoms with Gasteiger partial charge in [0.05, 0.1) is 5.52 Å². The molecule has 0 aliphatic heterocycles. The van der Waals surface area contributed by atoms with Crippen LogP contribution in [0.1, 0.15) is 16.3 Å². The summed E-state index contributed by atoms with van der Waals surface area (Å²) in [6.45, 7) is 6.23. The largest absolute Gasteiger partial charge is 0.448 e. The maximum Gasteiger partial charge on any atom is 0.272 e. The average molecular weight is 425 g/mol. The summed E-state index contributed by atoms with van der Waals surface area (Å²) < 4.78 is 10.1. The van der Waals surface area contributed by atoms with Crippen LogP contribution in [0.2, 0.25) is 0 Å². The van der Waals surface area contributed by atoms with Crippen molar-refractivity contribution in [3.63, 3.8) is 0 Å². The first-order valence-corrected chi connectivity index (χ1v) is 9.17. The van der Waals surface area contributed by atoms with Crippen LogP contribution in [0.3, 0.4) is 0 Å². The van der Waals surface area contributed by atoms with Gasteiger partial charge < -0.3 is 18.9 Å². The molecule has 0 fully saturated rings. The number of aryl methyl sites for hydroxylation is 1. The maximum atomic E-state index is 12.8. The Balaban J connectivity index is 1.60. The second-order valence-electron chi connectivity index (χ2n) is 6.07. The number of halogens is 1. The molecule has 6 nitrogen and oxygen atoms in total. The predicted molar refractivity (Wildman–Crippen MR) is 108 cm³/mol. The number of amides is 1. The van der Waals surface area contributed by atoms with Crippen molar-refractivity contribution in [3.05, 3.63) is 77.6 Å². The topological polar surface area (TPSA) is 65.0 Å². The van der Waals surface area contributed by atoms with Gasteiger partial charge in [0.25, 0.3) is 5.91 Å². The molecule has 0 saturated carbocycles. The van der Waals surface area contributed by atoms with Gasteiger partial charge in [-0.1, -0.05) is 6.08 Å². The zero-order valence-electron chi connectivity index (χ0n) is 14.6. The summed E-state index contributed by atoms with van der Waals surface area (Å²) in [5.74, 6) is 0.703. The number of carbonyl (C=O) groups excluding carboxylic acids is 1. The highest BCUT2D eigenvalue weighted by Gasteiger charge is 2.18. The first kappa shape index (κ1) is 17.4. The Morgan fingerprint density at radius 1 is 1.33 bits per heavy atom. The molecule has 0 aliphatic rings. The molecule has 27 heavy (non-hydrogen) atoms. The van der Waals surface area contributed by atoms with Gasteiger partial charge in [0.2, 0.25) is 0 Å². The molecule has 1 amide bonds. The summed E-state index contributed by atoms with van der Waals surface area (Å²) in [6, 6.07) is 11.2. The van der Waals surface area contributed by atoms with Crippen molar-refractivity contribution in [3.8, 4) is 5.69 Å². The van der Waals surface area contributed by atoms with Crippen LogP contribution in [0.25, 0.3) is 16.8 Å². The van der Waals surface area contributed by atoms with Gasteiger partial charge in [-0.15, -0.1) is 6.58 Å². The molecule has 0 spiro atoms. The molecule has 4 rings (SSSR count). The normalized spacial score (nSPS) is 11.0. The second kappa shape index (κ2) is 6.92. The van der Waals surface area contributed by atoms with Crippen molar-refractivity contribution in [1.29, 1.82) is 0 Å². The number of carbonyl (C=O) groups is 1. The molecule has 0 atom stereocenters. The Kier molecular flexibility index (Phi) is 4.45. The highest BCUT2D eigenvalue weighted by Crippen LogP contribution is 2.27. The lowest BCUT2D eigenvalue weighted by molar-refractivity contribution is 0.101. The van der Waals surface area contributed by atoms with Crippen molar-refractivity contribution < 1.29 is 9.21 Å². The van der Waals surface area contributed by atoms with Crippen LogP contribution >= 0.6 is 15.9 Å². The first-order valence-electron chi connectivity index (χ1n) is 8.38. The lowest BCUT2D eigenvalue weighted by atomic mass is 10.2.